The van der Waals surface area contributed by atoms with Crippen LogP contribution in [0.15, 0.2) is 42.5 Å². The Morgan fingerprint density at radius 1 is 0.938 bits per heavy atom. The van der Waals surface area contributed by atoms with Gasteiger partial charge in [0.1, 0.15) is 0 Å². The Hall–Kier alpha value is -2.00. The zero-order chi connectivity index (χ0) is 11.5. The summed E-state index contributed by atoms with van der Waals surface area (Å²) < 4.78 is 0. The van der Waals surface area contributed by atoms with Crippen LogP contribution in [-0.2, 0) is 6.61 Å². The molecule has 0 amide bonds. The number of aliphatic hydroxyl groups is 1. The van der Waals surface area contributed by atoms with Crippen LogP contribution in [0.2, 0.25) is 0 Å². The van der Waals surface area contributed by atoms with E-state index in [0.717, 1.165) is 22.4 Å². The summed E-state index contributed by atoms with van der Waals surface area (Å²) in [6.45, 7) is -0.0631. The van der Waals surface area contributed by atoms with Crippen molar-refractivity contribution in [2.24, 2.45) is 0 Å². The van der Waals surface area contributed by atoms with E-state index in [1.807, 2.05) is 36.4 Å². The number of benzene rings is 2. The van der Waals surface area contributed by atoms with Gasteiger partial charge in [-0.05, 0) is 23.8 Å². The Kier molecular flexibility index (Phi) is 2.79. The van der Waals surface area contributed by atoms with Crippen molar-refractivity contribution in [3.8, 4) is 11.1 Å². The van der Waals surface area contributed by atoms with Gasteiger partial charge >= 0.3 is 0 Å². The number of aliphatic hydroxyl groups excluding tert-OH is 1. The number of hydrogen-bond donors (Lipinski definition) is 3. The summed E-state index contributed by atoms with van der Waals surface area (Å²) >= 11 is 0. The number of nitrogen functional groups attached to an aromatic ring is 2. The van der Waals surface area contributed by atoms with E-state index in [1.54, 1.807) is 6.07 Å². The van der Waals surface area contributed by atoms with Crippen LogP contribution in [0.5, 0.6) is 0 Å². The Labute approximate surface area is 94.3 Å². The molecule has 2 rings (SSSR count). The minimum absolute atomic E-state index is 0.0631. The van der Waals surface area contributed by atoms with Crippen LogP contribution in [0.25, 0.3) is 11.1 Å². The number of hydrogen-bond acceptors (Lipinski definition) is 3. The Morgan fingerprint density at radius 3 is 2.38 bits per heavy atom. The molecule has 3 heteroatoms. The molecule has 0 atom stereocenters. The maximum atomic E-state index is 9.15. The summed E-state index contributed by atoms with van der Waals surface area (Å²) in [7, 11) is 0. The second kappa shape index (κ2) is 4.24. The van der Waals surface area contributed by atoms with Gasteiger partial charge in [0, 0.05) is 22.5 Å². The van der Waals surface area contributed by atoms with Gasteiger partial charge in [-0.2, -0.15) is 0 Å². The molecule has 2 aromatic rings. The van der Waals surface area contributed by atoms with Gasteiger partial charge in [0.2, 0.25) is 0 Å². The molecule has 2 aromatic carbocycles. The molecule has 0 heterocycles. The summed E-state index contributed by atoms with van der Waals surface area (Å²) in [4.78, 5) is 0. The lowest BCUT2D eigenvalue weighted by atomic mass is 10.0. The lowest BCUT2D eigenvalue weighted by Crippen LogP contribution is -1.95. The highest BCUT2D eigenvalue weighted by Gasteiger charge is 2.04. The molecule has 0 aliphatic carbocycles. The standard InChI is InChI=1S/C13H14N2O/c14-12-6-5-9(7-10(12)8-16)11-3-1-2-4-13(11)15/h1-7,16H,8,14-15H2. The summed E-state index contributed by atoms with van der Waals surface area (Å²) in [5.41, 5.74) is 15.6. The lowest BCUT2D eigenvalue weighted by Gasteiger charge is -2.08. The third-order valence-corrected chi connectivity index (χ3v) is 2.59. The smallest absolute Gasteiger partial charge is 0.0702 e. The third-order valence-electron chi connectivity index (χ3n) is 2.59. The van der Waals surface area contributed by atoms with E-state index >= 15 is 0 Å². The first-order chi connectivity index (χ1) is 7.72. The average molecular weight is 214 g/mol. The number of nitrogens with two attached hydrogens (primary N) is 2. The van der Waals surface area contributed by atoms with Gasteiger partial charge in [-0.25, -0.2) is 0 Å². The summed E-state index contributed by atoms with van der Waals surface area (Å²) in [5, 5.41) is 9.15. The SMILES string of the molecule is Nc1ccc(-c2ccccc2N)cc1CO. The highest BCUT2D eigenvalue weighted by atomic mass is 16.3. The van der Waals surface area contributed by atoms with Crippen molar-refractivity contribution in [3.63, 3.8) is 0 Å². The molecule has 82 valence electrons. The topological polar surface area (TPSA) is 72.3 Å². The number of para-hydroxylation sites is 1. The van der Waals surface area contributed by atoms with Gasteiger partial charge in [0.25, 0.3) is 0 Å². The molecule has 0 aliphatic heterocycles. The van der Waals surface area contributed by atoms with Crippen LogP contribution in [0.4, 0.5) is 11.4 Å². The summed E-state index contributed by atoms with van der Waals surface area (Å²) in [6.07, 6.45) is 0. The van der Waals surface area contributed by atoms with Crippen LogP contribution in [-0.4, -0.2) is 5.11 Å². The second-order valence-corrected chi connectivity index (χ2v) is 3.66. The van der Waals surface area contributed by atoms with Crippen molar-refractivity contribution < 1.29 is 5.11 Å². The van der Waals surface area contributed by atoms with E-state index in [4.69, 9.17) is 16.6 Å². The zero-order valence-corrected chi connectivity index (χ0v) is 8.85. The van der Waals surface area contributed by atoms with E-state index in [1.165, 1.54) is 0 Å². The van der Waals surface area contributed by atoms with Crippen LogP contribution < -0.4 is 11.5 Å². The first kappa shape index (κ1) is 10.5. The Bertz CT molecular complexity index is 509. The number of rotatable bonds is 2. The fraction of sp³-hybridized carbons (Fsp3) is 0.0769. The van der Waals surface area contributed by atoms with Crippen LogP contribution in [0, 0.1) is 0 Å². The largest absolute Gasteiger partial charge is 0.398 e. The first-order valence-electron chi connectivity index (χ1n) is 5.06. The molecule has 0 saturated heterocycles. The van der Waals surface area contributed by atoms with Crippen molar-refractivity contribution in [2.75, 3.05) is 11.5 Å². The van der Waals surface area contributed by atoms with Crippen LogP contribution in [0.1, 0.15) is 5.56 Å². The average Bonchev–Trinajstić information content (AvgIpc) is 2.31. The second-order valence-electron chi connectivity index (χ2n) is 3.66. The molecule has 0 aromatic heterocycles. The maximum absolute atomic E-state index is 9.15. The van der Waals surface area contributed by atoms with Crippen molar-refractivity contribution in [1.29, 1.82) is 0 Å². The fourth-order valence-electron chi connectivity index (χ4n) is 1.67. The normalized spacial score (nSPS) is 10.3. The van der Waals surface area contributed by atoms with Crippen molar-refractivity contribution in [2.45, 2.75) is 6.61 Å². The van der Waals surface area contributed by atoms with Gasteiger partial charge < -0.3 is 16.6 Å². The maximum Gasteiger partial charge on any atom is 0.0702 e. The van der Waals surface area contributed by atoms with Gasteiger partial charge in [-0.15, -0.1) is 0 Å². The molecule has 16 heavy (non-hydrogen) atoms. The van der Waals surface area contributed by atoms with Gasteiger partial charge in [-0.1, -0.05) is 24.3 Å². The molecule has 0 saturated carbocycles. The molecular weight excluding hydrogens is 200 g/mol. The monoisotopic (exact) mass is 214 g/mol. The minimum Gasteiger partial charge on any atom is -0.398 e. The van der Waals surface area contributed by atoms with Crippen molar-refractivity contribution in [1.82, 2.24) is 0 Å². The third kappa shape index (κ3) is 1.85. The molecule has 0 radical (unpaired) electrons. The van der Waals surface area contributed by atoms with E-state index in [-0.39, 0.29) is 6.61 Å². The van der Waals surface area contributed by atoms with E-state index in [0.29, 0.717) is 5.69 Å². The molecule has 0 unspecified atom stereocenters. The molecular formula is C13H14N2O. The summed E-state index contributed by atoms with van der Waals surface area (Å²) in [6, 6.07) is 13.2. The van der Waals surface area contributed by atoms with Gasteiger partial charge in [-0.3, -0.25) is 0 Å². The van der Waals surface area contributed by atoms with E-state index in [2.05, 4.69) is 0 Å². The molecule has 0 bridgehead atoms. The quantitative estimate of drug-likeness (QED) is 0.669. The highest BCUT2D eigenvalue weighted by Crippen LogP contribution is 2.28. The van der Waals surface area contributed by atoms with Crippen molar-refractivity contribution >= 4 is 11.4 Å². The predicted octanol–water partition coefficient (Wildman–Crippen LogP) is 2.01. The molecule has 0 aliphatic rings. The van der Waals surface area contributed by atoms with Crippen LogP contribution >= 0.6 is 0 Å². The Morgan fingerprint density at radius 2 is 1.69 bits per heavy atom. The van der Waals surface area contributed by atoms with Crippen molar-refractivity contribution in [3.05, 3.63) is 48.0 Å². The van der Waals surface area contributed by atoms with E-state index < -0.39 is 0 Å². The Balaban J connectivity index is 2.53. The molecule has 0 spiro atoms. The summed E-state index contributed by atoms with van der Waals surface area (Å²) in [5.74, 6) is 0. The van der Waals surface area contributed by atoms with Gasteiger partial charge in [0.05, 0.1) is 6.61 Å². The highest BCUT2D eigenvalue weighted by molar-refractivity contribution is 5.77. The lowest BCUT2D eigenvalue weighted by molar-refractivity contribution is 0.282. The minimum atomic E-state index is -0.0631. The van der Waals surface area contributed by atoms with Crippen LogP contribution in [0.3, 0.4) is 0 Å². The number of anilines is 2. The fourth-order valence-corrected chi connectivity index (χ4v) is 1.67. The molecule has 0 fully saturated rings. The predicted molar refractivity (Wildman–Crippen MR) is 66.6 cm³/mol. The zero-order valence-electron chi connectivity index (χ0n) is 8.85. The van der Waals surface area contributed by atoms with E-state index in [9.17, 15) is 0 Å². The molecule has 5 N–H and O–H groups in total. The molecule has 3 nitrogen and oxygen atoms in total. The van der Waals surface area contributed by atoms with Gasteiger partial charge in [0.15, 0.2) is 0 Å². The first-order valence-corrected chi connectivity index (χ1v) is 5.06.